The number of amides is 1. The van der Waals surface area contributed by atoms with Crippen molar-refractivity contribution in [2.75, 3.05) is 11.1 Å². The van der Waals surface area contributed by atoms with Crippen LogP contribution in [0.4, 0.5) is 11.4 Å². The van der Waals surface area contributed by atoms with Gasteiger partial charge in [0.1, 0.15) is 15.5 Å². The number of nitrogens with two attached hydrogens (primary N) is 1. The van der Waals surface area contributed by atoms with Crippen molar-refractivity contribution in [2.24, 2.45) is 0 Å². The van der Waals surface area contributed by atoms with E-state index in [0.717, 1.165) is 0 Å². The van der Waals surface area contributed by atoms with E-state index in [0.29, 0.717) is 31.8 Å². The number of carbonyl (C=O) groups excluding carboxylic acids is 1. The Morgan fingerprint density at radius 1 is 1.45 bits per heavy atom. The highest BCUT2D eigenvalue weighted by Crippen LogP contribution is 2.21. The minimum absolute atomic E-state index is 0.252. The fraction of sp³-hybridized carbons (Fsp3) is 0.0667. The lowest BCUT2D eigenvalue weighted by Gasteiger charge is -2.09. The van der Waals surface area contributed by atoms with E-state index in [2.05, 4.69) is 10.3 Å². The maximum Gasteiger partial charge on any atom is 0.274 e. The maximum absolute atomic E-state index is 12.3. The number of nitriles is 1. The Bertz CT molecular complexity index is 810. The third-order valence-corrected chi connectivity index (χ3v) is 3.55. The first-order chi connectivity index (χ1) is 10.4. The van der Waals surface area contributed by atoms with Gasteiger partial charge in [-0.15, -0.1) is 0 Å². The number of aromatic nitrogens is 1. The molecule has 0 atom stereocenters. The lowest BCUT2D eigenvalue weighted by molar-refractivity contribution is 0.102. The summed E-state index contributed by atoms with van der Waals surface area (Å²) < 4.78 is 0.291. The van der Waals surface area contributed by atoms with Crippen molar-refractivity contribution in [3.05, 3.63) is 52.8 Å². The van der Waals surface area contributed by atoms with Crippen LogP contribution in [0.15, 0.2) is 30.5 Å². The van der Waals surface area contributed by atoms with E-state index in [1.54, 1.807) is 31.2 Å². The van der Waals surface area contributed by atoms with E-state index in [-0.39, 0.29) is 11.6 Å². The summed E-state index contributed by atoms with van der Waals surface area (Å²) in [6, 6.07) is 8.52. The Balaban J connectivity index is 2.28. The van der Waals surface area contributed by atoms with Gasteiger partial charge in [0.25, 0.3) is 5.91 Å². The van der Waals surface area contributed by atoms with Crippen LogP contribution in [-0.2, 0) is 0 Å². The molecule has 6 nitrogen and oxygen atoms in total. The summed E-state index contributed by atoms with van der Waals surface area (Å²) in [5, 5.41) is 19.2. The van der Waals surface area contributed by atoms with Gasteiger partial charge < -0.3 is 11.1 Å². The Morgan fingerprint density at radius 3 is 2.77 bits per heavy atom. The second-order valence-electron chi connectivity index (χ2n) is 4.57. The SMILES string of the molecule is Cc1cc(C#N)cnc1C(=O)Nc1ccc(N)c(C(=N)I)c1. The molecule has 0 aliphatic carbocycles. The lowest BCUT2D eigenvalue weighted by atomic mass is 10.1. The summed E-state index contributed by atoms with van der Waals surface area (Å²) in [7, 11) is 0. The van der Waals surface area contributed by atoms with Crippen LogP contribution in [0.3, 0.4) is 0 Å². The maximum atomic E-state index is 12.3. The Hall–Kier alpha value is -2.47. The highest BCUT2D eigenvalue weighted by atomic mass is 127. The third kappa shape index (κ3) is 3.40. The van der Waals surface area contributed by atoms with Gasteiger partial charge in [-0.25, -0.2) is 4.98 Å². The number of nitrogens with one attached hydrogen (secondary N) is 2. The van der Waals surface area contributed by atoms with Crippen LogP contribution in [0.1, 0.15) is 27.2 Å². The van der Waals surface area contributed by atoms with E-state index >= 15 is 0 Å². The van der Waals surface area contributed by atoms with E-state index in [4.69, 9.17) is 16.4 Å². The quantitative estimate of drug-likeness (QED) is 0.414. The van der Waals surface area contributed by atoms with E-state index < -0.39 is 0 Å². The van der Waals surface area contributed by atoms with Crippen molar-refractivity contribution in [3.8, 4) is 6.07 Å². The van der Waals surface area contributed by atoms with Crippen LogP contribution in [0.2, 0.25) is 0 Å². The number of rotatable bonds is 3. The van der Waals surface area contributed by atoms with Gasteiger partial charge in [0.15, 0.2) is 0 Å². The van der Waals surface area contributed by atoms with E-state index in [1.165, 1.54) is 6.20 Å². The molecule has 0 unspecified atom stereocenters. The van der Waals surface area contributed by atoms with Gasteiger partial charge in [-0.3, -0.25) is 10.2 Å². The van der Waals surface area contributed by atoms with Gasteiger partial charge in [0, 0.05) is 23.1 Å². The van der Waals surface area contributed by atoms with Crippen molar-refractivity contribution >= 4 is 43.6 Å². The molecule has 22 heavy (non-hydrogen) atoms. The predicted octanol–water partition coefficient (Wildman–Crippen LogP) is 2.86. The highest BCUT2D eigenvalue weighted by Gasteiger charge is 2.13. The average Bonchev–Trinajstić information content (AvgIpc) is 2.48. The molecular weight excluding hydrogens is 393 g/mol. The minimum Gasteiger partial charge on any atom is -0.398 e. The molecule has 0 bridgehead atoms. The zero-order valence-electron chi connectivity index (χ0n) is 11.6. The number of carbonyl (C=O) groups is 1. The zero-order chi connectivity index (χ0) is 16.3. The van der Waals surface area contributed by atoms with Gasteiger partial charge in [0.05, 0.1) is 5.56 Å². The third-order valence-electron chi connectivity index (χ3n) is 2.97. The van der Waals surface area contributed by atoms with E-state index in [9.17, 15) is 4.79 Å². The number of benzene rings is 1. The molecule has 0 aliphatic rings. The van der Waals surface area contributed by atoms with Crippen LogP contribution in [0, 0.1) is 23.7 Å². The Morgan fingerprint density at radius 2 is 2.18 bits per heavy atom. The number of halogens is 1. The van der Waals surface area contributed by atoms with Crippen LogP contribution >= 0.6 is 22.6 Å². The number of anilines is 2. The average molecular weight is 405 g/mol. The molecule has 0 saturated heterocycles. The second kappa shape index (κ2) is 6.53. The summed E-state index contributed by atoms with van der Waals surface area (Å²) >= 11 is 1.86. The van der Waals surface area contributed by atoms with Crippen LogP contribution < -0.4 is 11.1 Å². The highest BCUT2D eigenvalue weighted by molar-refractivity contribution is 14.1. The molecule has 0 saturated carbocycles. The largest absolute Gasteiger partial charge is 0.398 e. The molecule has 2 rings (SSSR count). The first-order valence-corrected chi connectivity index (χ1v) is 7.32. The number of nitrogen functional groups attached to an aromatic ring is 1. The molecule has 4 N–H and O–H groups in total. The minimum atomic E-state index is -0.377. The molecule has 0 radical (unpaired) electrons. The first kappa shape index (κ1) is 15.9. The Labute approximate surface area is 141 Å². The molecule has 0 fully saturated rings. The van der Waals surface area contributed by atoms with Crippen molar-refractivity contribution in [1.29, 1.82) is 10.7 Å². The summed E-state index contributed by atoms with van der Waals surface area (Å²) in [5.41, 5.74) is 8.63. The molecule has 1 aromatic carbocycles. The van der Waals surface area contributed by atoms with Crippen molar-refractivity contribution in [2.45, 2.75) is 6.92 Å². The number of hydrogen-bond donors (Lipinski definition) is 3. The van der Waals surface area contributed by atoms with Gasteiger partial charge in [-0.05, 0) is 59.3 Å². The molecule has 110 valence electrons. The number of hydrogen-bond acceptors (Lipinski definition) is 5. The zero-order valence-corrected chi connectivity index (χ0v) is 13.8. The van der Waals surface area contributed by atoms with Crippen LogP contribution in [0.5, 0.6) is 0 Å². The first-order valence-electron chi connectivity index (χ1n) is 6.24. The van der Waals surface area contributed by atoms with Crippen molar-refractivity contribution < 1.29 is 4.79 Å². The lowest BCUT2D eigenvalue weighted by Crippen LogP contribution is -2.16. The smallest absolute Gasteiger partial charge is 0.274 e. The van der Waals surface area contributed by atoms with Crippen molar-refractivity contribution in [1.82, 2.24) is 4.98 Å². The predicted molar refractivity (Wildman–Crippen MR) is 93.3 cm³/mol. The second-order valence-corrected chi connectivity index (χ2v) is 5.65. The van der Waals surface area contributed by atoms with Crippen LogP contribution in [0.25, 0.3) is 0 Å². The standard InChI is InChI=1S/C15H12IN5O/c1-8-4-9(6-17)7-20-13(8)15(22)21-10-2-3-12(18)11(5-10)14(16)19/h2-5,7,19H,18H2,1H3,(H,21,22). The number of pyridine rings is 1. The monoisotopic (exact) mass is 405 g/mol. The van der Waals surface area contributed by atoms with Gasteiger partial charge >= 0.3 is 0 Å². The molecule has 7 heteroatoms. The molecule has 1 heterocycles. The normalized spacial score (nSPS) is 9.86. The summed E-state index contributed by atoms with van der Waals surface area (Å²) in [6.45, 7) is 1.72. The van der Waals surface area contributed by atoms with Gasteiger partial charge in [-0.2, -0.15) is 5.26 Å². The molecule has 1 aromatic heterocycles. The summed E-state index contributed by atoms with van der Waals surface area (Å²) in [5.74, 6) is -0.377. The van der Waals surface area contributed by atoms with Crippen LogP contribution in [-0.4, -0.2) is 14.6 Å². The molecule has 1 amide bonds. The molecule has 0 aliphatic heterocycles. The fourth-order valence-electron chi connectivity index (χ4n) is 1.89. The van der Waals surface area contributed by atoms with E-state index in [1.807, 2.05) is 28.7 Å². The Kier molecular flexibility index (Phi) is 4.72. The topological polar surface area (TPSA) is 116 Å². The van der Waals surface area contributed by atoms with Gasteiger partial charge in [0.2, 0.25) is 0 Å². The molecular formula is C15H12IN5O. The number of nitrogens with zero attached hydrogens (tertiary/aromatic N) is 2. The number of aryl methyl sites for hydroxylation is 1. The summed E-state index contributed by atoms with van der Waals surface area (Å²) in [4.78, 5) is 16.3. The fourth-order valence-corrected chi connectivity index (χ4v) is 2.36. The molecule has 2 aromatic rings. The molecule has 0 spiro atoms. The summed E-state index contributed by atoms with van der Waals surface area (Å²) in [6.07, 6.45) is 1.36. The van der Waals surface area contributed by atoms with Gasteiger partial charge in [-0.1, -0.05) is 0 Å². The van der Waals surface area contributed by atoms with Crippen molar-refractivity contribution in [3.63, 3.8) is 0 Å².